The van der Waals surface area contributed by atoms with Gasteiger partial charge in [-0.25, -0.2) is 0 Å². The van der Waals surface area contributed by atoms with Gasteiger partial charge in [0.05, 0.1) is 0 Å². The molecule has 1 aromatic heterocycles. The van der Waals surface area contributed by atoms with E-state index in [9.17, 15) is 0 Å². The molecule has 1 atom stereocenters. The van der Waals surface area contributed by atoms with E-state index < -0.39 is 0 Å². The molecule has 1 unspecified atom stereocenters. The molecule has 1 aliphatic carbocycles. The molecule has 84 valence electrons. The Kier molecular flexibility index (Phi) is 3.47. The van der Waals surface area contributed by atoms with Crippen molar-refractivity contribution in [1.29, 1.82) is 0 Å². The molecule has 15 heavy (non-hydrogen) atoms. The Balaban J connectivity index is 2.29. The van der Waals surface area contributed by atoms with Gasteiger partial charge in [0.1, 0.15) is 0 Å². The molecule has 0 bridgehead atoms. The van der Waals surface area contributed by atoms with Crippen LogP contribution in [0.4, 0.5) is 0 Å². The third-order valence-corrected chi connectivity index (χ3v) is 5.00. The predicted octanol–water partition coefficient (Wildman–Crippen LogP) is 3.69. The van der Waals surface area contributed by atoms with Crippen molar-refractivity contribution in [2.45, 2.75) is 56.9 Å². The molecule has 0 aromatic carbocycles. The van der Waals surface area contributed by atoms with Crippen molar-refractivity contribution in [3.63, 3.8) is 0 Å². The van der Waals surface area contributed by atoms with Crippen molar-refractivity contribution in [1.82, 2.24) is 0 Å². The second-order valence-corrected chi connectivity index (χ2v) is 5.66. The molecule has 1 heterocycles. The maximum atomic E-state index is 6.38. The van der Waals surface area contributed by atoms with Gasteiger partial charge in [0, 0.05) is 16.3 Å². The average molecular weight is 223 g/mol. The third-order valence-electron chi connectivity index (χ3n) is 3.91. The molecule has 1 saturated carbocycles. The Morgan fingerprint density at radius 2 is 2.13 bits per heavy atom. The van der Waals surface area contributed by atoms with E-state index in [4.69, 9.17) is 5.73 Å². The summed E-state index contributed by atoms with van der Waals surface area (Å²) in [6, 6.07) is 4.79. The summed E-state index contributed by atoms with van der Waals surface area (Å²) in [6.45, 7) is 2.22. The summed E-state index contributed by atoms with van der Waals surface area (Å²) in [4.78, 5) is 1.52. The van der Waals surface area contributed by atoms with Crippen LogP contribution in [0.25, 0.3) is 0 Å². The van der Waals surface area contributed by atoms with Gasteiger partial charge < -0.3 is 5.73 Å². The van der Waals surface area contributed by atoms with E-state index in [1.54, 1.807) is 0 Å². The van der Waals surface area contributed by atoms with Crippen LogP contribution < -0.4 is 5.73 Å². The van der Waals surface area contributed by atoms with Crippen molar-refractivity contribution < 1.29 is 0 Å². The van der Waals surface area contributed by atoms with E-state index in [0.29, 0.717) is 11.5 Å². The standard InChI is InChI=1S/C13H21NS/c1-2-11(14)13(8-4-3-5-9-13)12-7-6-10-15-12/h6-7,10-11H,2-5,8-9,14H2,1H3. The highest BCUT2D eigenvalue weighted by Crippen LogP contribution is 2.44. The Morgan fingerprint density at radius 3 is 2.67 bits per heavy atom. The Hall–Kier alpha value is -0.340. The minimum Gasteiger partial charge on any atom is -0.327 e. The van der Waals surface area contributed by atoms with Crippen molar-refractivity contribution >= 4 is 11.3 Å². The first-order valence-corrected chi connectivity index (χ1v) is 6.97. The number of hydrogen-bond donors (Lipinski definition) is 1. The Bertz CT molecular complexity index is 285. The SMILES string of the molecule is CCC(N)C1(c2cccs2)CCCCC1. The lowest BCUT2D eigenvalue weighted by molar-refractivity contribution is 0.243. The molecule has 0 spiro atoms. The largest absolute Gasteiger partial charge is 0.327 e. The normalized spacial score (nSPS) is 22.5. The second kappa shape index (κ2) is 4.67. The first-order chi connectivity index (χ1) is 7.29. The van der Waals surface area contributed by atoms with E-state index in [-0.39, 0.29) is 0 Å². The van der Waals surface area contributed by atoms with Gasteiger partial charge in [0.25, 0.3) is 0 Å². The summed E-state index contributed by atoms with van der Waals surface area (Å²) in [7, 11) is 0. The van der Waals surface area contributed by atoms with Crippen LogP contribution >= 0.6 is 11.3 Å². The summed E-state index contributed by atoms with van der Waals surface area (Å²) in [6.07, 6.45) is 7.78. The zero-order chi connectivity index (χ0) is 10.7. The lowest BCUT2D eigenvalue weighted by Gasteiger charge is -2.41. The van der Waals surface area contributed by atoms with E-state index in [0.717, 1.165) is 6.42 Å². The molecule has 1 aromatic rings. The van der Waals surface area contributed by atoms with Gasteiger partial charge in [-0.1, -0.05) is 32.3 Å². The maximum absolute atomic E-state index is 6.38. The van der Waals surface area contributed by atoms with E-state index in [1.807, 2.05) is 11.3 Å². The number of thiophene rings is 1. The monoisotopic (exact) mass is 223 g/mol. The minimum atomic E-state index is 0.307. The summed E-state index contributed by atoms with van der Waals surface area (Å²) in [5.41, 5.74) is 6.69. The Labute approximate surface area is 96.7 Å². The smallest absolute Gasteiger partial charge is 0.0198 e. The van der Waals surface area contributed by atoms with E-state index >= 15 is 0 Å². The fraction of sp³-hybridized carbons (Fsp3) is 0.692. The van der Waals surface area contributed by atoms with Gasteiger partial charge in [0.2, 0.25) is 0 Å². The van der Waals surface area contributed by atoms with Crippen LogP contribution in [0, 0.1) is 0 Å². The van der Waals surface area contributed by atoms with Crippen molar-refractivity contribution in [2.24, 2.45) is 5.73 Å². The molecule has 2 rings (SSSR count). The van der Waals surface area contributed by atoms with E-state index in [2.05, 4.69) is 24.4 Å². The topological polar surface area (TPSA) is 26.0 Å². The molecule has 0 amide bonds. The summed E-state index contributed by atoms with van der Waals surface area (Å²) >= 11 is 1.89. The van der Waals surface area contributed by atoms with Gasteiger partial charge in [-0.15, -0.1) is 11.3 Å². The zero-order valence-electron chi connectivity index (χ0n) is 9.54. The summed E-state index contributed by atoms with van der Waals surface area (Å²) in [5.74, 6) is 0. The first kappa shape index (κ1) is 11.2. The van der Waals surface area contributed by atoms with Gasteiger partial charge >= 0.3 is 0 Å². The highest BCUT2D eigenvalue weighted by atomic mass is 32.1. The van der Waals surface area contributed by atoms with Crippen LogP contribution in [-0.2, 0) is 5.41 Å². The number of nitrogens with two attached hydrogens (primary N) is 1. The molecule has 0 aliphatic heterocycles. The predicted molar refractivity (Wildman–Crippen MR) is 67.3 cm³/mol. The van der Waals surface area contributed by atoms with Gasteiger partial charge in [-0.3, -0.25) is 0 Å². The lowest BCUT2D eigenvalue weighted by Crippen LogP contribution is -2.45. The van der Waals surface area contributed by atoms with Crippen LogP contribution in [0.1, 0.15) is 50.3 Å². The van der Waals surface area contributed by atoms with Crippen molar-refractivity contribution in [3.05, 3.63) is 22.4 Å². The summed E-state index contributed by atoms with van der Waals surface area (Å²) < 4.78 is 0. The lowest BCUT2D eigenvalue weighted by atomic mass is 9.67. The Morgan fingerprint density at radius 1 is 1.40 bits per heavy atom. The molecule has 1 fully saturated rings. The fourth-order valence-corrected chi connectivity index (χ4v) is 3.99. The molecule has 1 nitrogen and oxygen atoms in total. The average Bonchev–Trinajstić information content (AvgIpc) is 2.83. The fourth-order valence-electron chi connectivity index (χ4n) is 2.94. The number of hydrogen-bond acceptors (Lipinski definition) is 2. The van der Waals surface area contributed by atoms with Crippen LogP contribution in [0.15, 0.2) is 17.5 Å². The summed E-state index contributed by atoms with van der Waals surface area (Å²) in [5, 5.41) is 2.19. The molecule has 2 N–H and O–H groups in total. The van der Waals surface area contributed by atoms with Gasteiger partial charge in [0.15, 0.2) is 0 Å². The highest BCUT2D eigenvalue weighted by molar-refractivity contribution is 7.10. The van der Waals surface area contributed by atoms with Gasteiger partial charge in [-0.2, -0.15) is 0 Å². The van der Waals surface area contributed by atoms with Crippen LogP contribution in [0.2, 0.25) is 0 Å². The molecule has 0 radical (unpaired) electrons. The van der Waals surface area contributed by atoms with Crippen LogP contribution in [-0.4, -0.2) is 6.04 Å². The zero-order valence-corrected chi connectivity index (χ0v) is 10.4. The third kappa shape index (κ3) is 1.98. The van der Waals surface area contributed by atoms with Crippen molar-refractivity contribution in [2.75, 3.05) is 0 Å². The maximum Gasteiger partial charge on any atom is 0.0198 e. The molecule has 0 saturated heterocycles. The van der Waals surface area contributed by atoms with Crippen LogP contribution in [0.3, 0.4) is 0 Å². The highest BCUT2D eigenvalue weighted by Gasteiger charge is 2.39. The first-order valence-electron chi connectivity index (χ1n) is 6.09. The second-order valence-electron chi connectivity index (χ2n) is 4.71. The molecule has 2 heteroatoms. The minimum absolute atomic E-state index is 0.307. The molecular weight excluding hydrogens is 202 g/mol. The van der Waals surface area contributed by atoms with Gasteiger partial charge in [-0.05, 0) is 30.7 Å². The number of rotatable bonds is 3. The molecule has 1 aliphatic rings. The van der Waals surface area contributed by atoms with Crippen molar-refractivity contribution in [3.8, 4) is 0 Å². The van der Waals surface area contributed by atoms with E-state index in [1.165, 1.54) is 37.0 Å². The quantitative estimate of drug-likeness (QED) is 0.831. The van der Waals surface area contributed by atoms with Crippen LogP contribution in [0.5, 0.6) is 0 Å². The molecular formula is C13H21NS.